The van der Waals surface area contributed by atoms with Gasteiger partial charge < -0.3 is 9.80 Å². The van der Waals surface area contributed by atoms with Crippen LogP contribution in [0, 0.1) is 0 Å². The molecule has 1 aromatic rings. The Hall–Kier alpha value is -1.60. The fourth-order valence-electron chi connectivity index (χ4n) is 3.83. The third-order valence-corrected chi connectivity index (χ3v) is 6.16. The molecule has 0 spiro atoms. The van der Waals surface area contributed by atoms with Gasteiger partial charge in [0.2, 0.25) is 15.9 Å². The number of likely N-dealkylation sites (tertiary alicyclic amines) is 1. The van der Waals surface area contributed by atoms with Gasteiger partial charge in [-0.25, -0.2) is 13.6 Å². The summed E-state index contributed by atoms with van der Waals surface area (Å²) in [6.07, 6.45) is 6.55. The van der Waals surface area contributed by atoms with E-state index >= 15 is 0 Å². The molecule has 6 nitrogen and oxygen atoms in total. The maximum absolute atomic E-state index is 12.8. The number of nitrogens with two attached hydrogens (primary N) is 1. The third-order valence-electron chi connectivity index (χ3n) is 5.25. The van der Waals surface area contributed by atoms with Gasteiger partial charge >= 0.3 is 0 Å². The Labute approximate surface area is 150 Å². The number of primary sulfonamides is 1. The smallest absolute Gasteiger partial charge is 0.242 e. The Balaban J connectivity index is 1.74. The number of anilines is 1. The van der Waals surface area contributed by atoms with Crippen LogP contribution in [0.2, 0.25) is 0 Å². The maximum atomic E-state index is 12.8. The summed E-state index contributed by atoms with van der Waals surface area (Å²) in [6.45, 7) is 4.11. The molecule has 0 aromatic heterocycles. The summed E-state index contributed by atoms with van der Waals surface area (Å²) in [4.78, 5) is 17.0. The lowest BCUT2D eigenvalue weighted by Gasteiger charge is -2.30. The zero-order valence-electron chi connectivity index (χ0n) is 14.8. The SMILES string of the molecule is C[C@H]1Cc2cc(S(N)(=O)=O)ccc2N1CC(=O)N1CCCCCCC1. The quantitative estimate of drug-likeness (QED) is 0.886. The van der Waals surface area contributed by atoms with Crippen LogP contribution < -0.4 is 10.0 Å². The molecule has 3 rings (SSSR count). The fourth-order valence-corrected chi connectivity index (χ4v) is 4.40. The first-order valence-electron chi connectivity index (χ1n) is 9.06. The molecule has 1 amide bonds. The predicted molar refractivity (Wildman–Crippen MR) is 98.0 cm³/mol. The highest BCUT2D eigenvalue weighted by molar-refractivity contribution is 7.89. The average molecular weight is 365 g/mol. The number of benzene rings is 1. The molecule has 2 aliphatic rings. The van der Waals surface area contributed by atoms with Crippen LogP contribution in [0.1, 0.15) is 44.6 Å². The van der Waals surface area contributed by atoms with Gasteiger partial charge in [-0.2, -0.15) is 0 Å². The number of rotatable bonds is 3. The number of amides is 1. The standard InChI is InChI=1S/C18H27N3O3S/c1-14-11-15-12-16(25(19,23)24)7-8-17(15)21(14)13-18(22)20-9-5-3-2-4-6-10-20/h7-8,12,14H,2-6,9-11,13H2,1H3,(H2,19,23,24)/t14-/m0/s1. The Morgan fingerprint density at radius 3 is 2.44 bits per heavy atom. The second-order valence-corrected chi connectivity index (χ2v) is 8.73. The van der Waals surface area contributed by atoms with E-state index in [1.54, 1.807) is 12.1 Å². The van der Waals surface area contributed by atoms with Gasteiger partial charge in [-0.3, -0.25) is 4.79 Å². The molecule has 0 bridgehead atoms. The van der Waals surface area contributed by atoms with Crippen molar-refractivity contribution >= 4 is 21.6 Å². The zero-order valence-corrected chi connectivity index (χ0v) is 15.6. The number of fused-ring (bicyclic) bond motifs is 1. The van der Waals surface area contributed by atoms with E-state index in [-0.39, 0.29) is 16.8 Å². The van der Waals surface area contributed by atoms with Crippen molar-refractivity contribution in [2.75, 3.05) is 24.5 Å². The van der Waals surface area contributed by atoms with Crippen molar-refractivity contribution in [3.05, 3.63) is 23.8 Å². The van der Waals surface area contributed by atoms with Crippen LogP contribution >= 0.6 is 0 Å². The van der Waals surface area contributed by atoms with Crippen LogP contribution in [0.25, 0.3) is 0 Å². The van der Waals surface area contributed by atoms with Crippen LogP contribution in [0.3, 0.4) is 0 Å². The lowest BCUT2D eigenvalue weighted by Crippen LogP contribution is -2.43. The summed E-state index contributed by atoms with van der Waals surface area (Å²) in [6, 6.07) is 5.12. The van der Waals surface area contributed by atoms with Crippen molar-refractivity contribution in [3.8, 4) is 0 Å². The molecule has 1 atom stereocenters. The Kier molecular flexibility index (Phi) is 5.34. The van der Waals surface area contributed by atoms with Crippen molar-refractivity contribution in [1.29, 1.82) is 0 Å². The van der Waals surface area contributed by atoms with Crippen molar-refractivity contribution in [2.45, 2.75) is 56.4 Å². The van der Waals surface area contributed by atoms with Gasteiger partial charge in [0.25, 0.3) is 0 Å². The molecule has 0 radical (unpaired) electrons. The van der Waals surface area contributed by atoms with Gasteiger partial charge in [0.05, 0.1) is 11.4 Å². The summed E-state index contributed by atoms with van der Waals surface area (Å²) >= 11 is 0. The molecule has 0 unspecified atom stereocenters. The second-order valence-electron chi connectivity index (χ2n) is 7.17. The summed E-state index contributed by atoms with van der Waals surface area (Å²) in [5.74, 6) is 0.164. The lowest BCUT2D eigenvalue weighted by molar-refractivity contribution is -0.130. The zero-order chi connectivity index (χ0) is 18.0. The molecule has 2 N–H and O–H groups in total. The van der Waals surface area contributed by atoms with E-state index in [0.29, 0.717) is 6.54 Å². The highest BCUT2D eigenvalue weighted by atomic mass is 32.2. The van der Waals surface area contributed by atoms with E-state index in [1.165, 1.54) is 25.3 Å². The van der Waals surface area contributed by atoms with E-state index < -0.39 is 10.0 Å². The number of nitrogens with zero attached hydrogens (tertiary/aromatic N) is 2. The summed E-state index contributed by atoms with van der Waals surface area (Å²) in [5, 5.41) is 5.22. The minimum absolute atomic E-state index is 0.135. The molecule has 7 heteroatoms. The molecule has 0 aliphatic carbocycles. The molecule has 0 saturated carbocycles. The van der Waals surface area contributed by atoms with Gasteiger partial charge in [-0.05, 0) is 49.9 Å². The minimum atomic E-state index is -3.70. The maximum Gasteiger partial charge on any atom is 0.242 e. The largest absolute Gasteiger partial charge is 0.359 e. The molecule has 2 heterocycles. The van der Waals surface area contributed by atoms with E-state index in [2.05, 4.69) is 11.8 Å². The van der Waals surface area contributed by atoms with Crippen molar-refractivity contribution < 1.29 is 13.2 Å². The molecular formula is C18H27N3O3S. The van der Waals surface area contributed by atoms with E-state index in [4.69, 9.17) is 5.14 Å². The first-order valence-corrected chi connectivity index (χ1v) is 10.6. The molecular weight excluding hydrogens is 338 g/mol. The first-order chi connectivity index (χ1) is 11.9. The Morgan fingerprint density at radius 1 is 1.16 bits per heavy atom. The highest BCUT2D eigenvalue weighted by Gasteiger charge is 2.30. The second kappa shape index (κ2) is 7.33. The third kappa shape index (κ3) is 4.15. The van der Waals surface area contributed by atoms with Gasteiger partial charge in [-0.1, -0.05) is 19.3 Å². The molecule has 25 heavy (non-hydrogen) atoms. The van der Waals surface area contributed by atoms with Crippen LogP contribution in [0.5, 0.6) is 0 Å². The highest BCUT2D eigenvalue weighted by Crippen LogP contribution is 2.33. The number of carbonyl (C=O) groups excluding carboxylic acids is 1. The molecule has 138 valence electrons. The minimum Gasteiger partial charge on any atom is -0.359 e. The van der Waals surface area contributed by atoms with Crippen LogP contribution in [0.4, 0.5) is 5.69 Å². The predicted octanol–water partition coefficient (Wildman–Crippen LogP) is 1.88. The van der Waals surface area contributed by atoms with E-state index in [9.17, 15) is 13.2 Å². The average Bonchev–Trinajstić information content (AvgIpc) is 2.81. The summed E-state index contributed by atoms with van der Waals surface area (Å²) in [5.41, 5.74) is 1.89. The number of carbonyl (C=O) groups is 1. The first kappa shape index (κ1) is 18.2. The number of hydrogen-bond acceptors (Lipinski definition) is 4. The normalized spacial score (nSPS) is 21.6. The molecule has 2 aliphatic heterocycles. The van der Waals surface area contributed by atoms with E-state index in [1.807, 2.05) is 4.90 Å². The van der Waals surface area contributed by atoms with Crippen LogP contribution in [-0.2, 0) is 21.2 Å². The summed E-state index contributed by atoms with van der Waals surface area (Å²) < 4.78 is 23.1. The van der Waals surface area contributed by atoms with Gasteiger partial charge in [-0.15, -0.1) is 0 Å². The van der Waals surface area contributed by atoms with Gasteiger partial charge in [0.15, 0.2) is 0 Å². The van der Waals surface area contributed by atoms with Crippen LogP contribution in [-0.4, -0.2) is 44.9 Å². The molecule has 1 fully saturated rings. The van der Waals surface area contributed by atoms with E-state index in [0.717, 1.165) is 43.6 Å². The van der Waals surface area contributed by atoms with Crippen LogP contribution in [0.15, 0.2) is 23.1 Å². The van der Waals surface area contributed by atoms with Crippen molar-refractivity contribution in [2.24, 2.45) is 5.14 Å². The van der Waals surface area contributed by atoms with Crippen molar-refractivity contribution in [3.63, 3.8) is 0 Å². The Bertz CT molecular complexity index is 740. The van der Waals surface area contributed by atoms with Gasteiger partial charge in [0.1, 0.15) is 0 Å². The number of sulfonamides is 1. The monoisotopic (exact) mass is 365 g/mol. The van der Waals surface area contributed by atoms with Gasteiger partial charge in [0, 0.05) is 24.8 Å². The van der Waals surface area contributed by atoms with Crippen molar-refractivity contribution in [1.82, 2.24) is 4.90 Å². The lowest BCUT2D eigenvalue weighted by atomic mass is 10.1. The topological polar surface area (TPSA) is 83.7 Å². The molecule has 1 saturated heterocycles. The fraction of sp³-hybridized carbons (Fsp3) is 0.611. The summed E-state index contributed by atoms with van der Waals surface area (Å²) in [7, 11) is -3.70. The number of hydrogen-bond donors (Lipinski definition) is 1. The molecule has 1 aromatic carbocycles. The Morgan fingerprint density at radius 2 is 1.80 bits per heavy atom.